The molecule has 1 aliphatic carbocycles. The molecular formula is C16H20O2. The molecule has 2 rings (SSSR count). The number of carbonyl (C=O) groups is 1. The lowest BCUT2D eigenvalue weighted by Gasteiger charge is -2.17. The van der Waals surface area contributed by atoms with E-state index in [4.69, 9.17) is 4.74 Å². The Morgan fingerprint density at radius 3 is 2.78 bits per heavy atom. The molecule has 18 heavy (non-hydrogen) atoms. The standard InChI is InChI=1S/C16H20O2/c17-16(12-11-14-7-3-1-4-8-14)18-13-15-9-5-2-6-10-15/h1-5,7-8,15H,6,9-13H2. The summed E-state index contributed by atoms with van der Waals surface area (Å²) in [6.45, 7) is 0.581. The van der Waals surface area contributed by atoms with Gasteiger partial charge in [0.25, 0.3) is 0 Å². The van der Waals surface area contributed by atoms with Crippen molar-refractivity contribution in [2.75, 3.05) is 6.61 Å². The Morgan fingerprint density at radius 2 is 2.06 bits per heavy atom. The normalized spacial score (nSPS) is 18.6. The number of rotatable bonds is 5. The largest absolute Gasteiger partial charge is 0.465 e. The van der Waals surface area contributed by atoms with E-state index in [0.29, 0.717) is 18.9 Å². The van der Waals surface area contributed by atoms with Crippen LogP contribution >= 0.6 is 0 Å². The summed E-state index contributed by atoms with van der Waals surface area (Å²) in [5.74, 6) is 0.448. The fourth-order valence-electron chi connectivity index (χ4n) is 2.18. The fourth-order valence-corrected chi connectivity index (χ4v) is 2.18. The van der Waals surface area contributed by atoms with E-state index in [-0.39, 0.29) is 5.97 Å². The van der Waals surface area contributed by atoms with Gasteiger partial charge >= 0.3 is 5.97 Å². The number of allylic oxidation sites excluding steroid dienone is 2. The Hall–Kier alpha value is -1.57. The lowest BCUT2D eigenvalue weighted by Crippen LogP contribution is -2.15. The van der Waals surface area contributed by atoms with Gasteiger partial charge in [0, 0.05) is 6.42 Å². The van der Waals surface area contributed by atoms with Crippen molar-refractivity contribution in [3.63, 3.8) is 0 Å². The number of esters is 1. The Balaban J connectivity index is 1.64. The van der Waals surface area contributed by atoms with Gasteiger partial charge in [-0.3, -0.25) is 4.79 Å². The lowest BCUT2D eigenvalue weighted by atomic mass is 9.95. The summed E-state index contributed by atoms with van der Waals surface area (Å²) in [6.07, 6.45) is 8.94. The van der Waals surface area contributed by atoms with Crippen molar-refractivity contribution in [2.24, 2.45) is 5.92 Å². The van der Waals surface area contributed by atoms with Crippen molar-refractivity contribution in [1.29, 1.82) is 0 Å². The number of carbonyl (C=O) groups excluding carboxylic acids is 1. The molecule has 0 N–H and O–H groups in total. The van der Waals surface area contributed by atoms with Gasteiger partial charge in [-0.2, -0.15) is 0 Å². The minimum absolute atomic E-state index is 0.0755. The molecule has 96 valence electrons. The van der Waals surface area contributed by atoms with E-state index < -0.39 is 0 Å². The number of aryl methyl sites for hydroxylation is 1. The SMILES string of the molecule is O=C(CCc1ccccc1)OCC1CC=CCC1. The molecule has 2 nitrogen and oxygen atoms in total. The summed E-state index contributed by atoms with van der Waals surface area (Å²) in [4.78, 5) is 11.6. The summed E-state index contributed by atoms with van der Waals surface area (Å²) >= 11 is 0. The van der Waals surface area contributed by atoms with Crippen LogP contribution in [0.15, 0.2) is 42.5 Å². The quantitative estimate of drug-likeness (QED) is 0.585. The minimum Gasteiger partial charge on any atom is -0.465 e. The average Bonchev–Trinajstić information content (AvgIpc) is 2.45. The molecule has 1 aromatic rings. The van der Waals surface area contributed by atoms with Crippen molar-refractivity contribution in [3.05, 3.63) is 48.0 Å². The number of benzene rings is 1. The highest BCUT2D eigenvalue weighted by Crippen LogP contribution is 2.18. The molecule has 1 unspecified atom stereocenters. The van der Waals surface area contributed by atoms with Gasteiger partial charge in [-0.25, -0.2) is 0 Å². The highest BCUT2D eigenvalue weighted by Gasteiger charge is 2.12. The molecule has 1 atom stereocenters. The summed E-state index contributed by atoms with van der Waals surface area (Å²) in [7, 11) is 0. The monoisotopic (exact) mass is 244 g/mol. The van der Waals surface area contributed by atoms with Gasteiger partial charge in [-0.1, -0.05) is 42.5 Å². The average molecular weight is 244 g/mol. The van der Waals surface area contributed by atoms with Crippen LogP contribution in [0.2, 0.25) is 0 Å². The third kappa shape index (κ3) is 4.36. The maximum Gasteiger partial charge on any atom is 0.306 e. The first-order valence-corrected chi connectivity index (χ1v) is 6.69. The zero-order valence-electron chi connectivity index (χ0n) is 10.7. The molecule has 0 saturated carbocycles. The van der Waals surface area contributed by atoms with Crippen molar-refractivity contribution in [1.82, 2.24) is 0 Å². The number of hydrogen-bond donors (Lipinski definition) is 0. The van der Waals surface area contributed by atoms with Crippen LogP contribution in [-0.4, -0.2) is 12.6 Å². The summed E-state index contributed by atoms with van der Waals surface area (Å²) in [6, 6.07) is 10.1. The maximum atomic E-state index is 11.6. The molecule has 0 fully saturated rings. The Kier molecular flexibility index (Phi) is 5.00. The van der Waals surface area contributed by atoms with E-state index in [1.165, 1.54) is 5.56 Å². The van der Waals surface area contributed by atoms with Gasteiger partial charge in [0.1, 0.15) is 0 Å². The smallest absolute Gasteiger partial charge is 0.306 e. The second kappa shape index (κ2) is 7.00. The minimum atomic E-state index is -0.0755. The van der Waals surface area contributed by atoms with Crippen LogP contribution in [0.5, 0.6) is 0 Å². The summed E-state index contributed by atoms with van der Waals surface area (Å²) in [5, 5.41) is 0. The van der Waals surface area contributed by atoms with Crippen LogP contribution in [0.3, 0.4) is 0 Å². The maximum absolute atomic E-state index is 11.6. The van der Waals surface area contributed by atoms with Crippen molar-refractivity contribution in [3.8, 4) is 0 Å². The van der Waals surface area contributed by atoms with Gasteiger partial charge in [0.05, 0.1) is 6.61 Å². The Morgan fingerprint density at radius 1 is 1.22 bits per heavy atom. The van der Waals surface area contributed by atoms with Crippen LogP contribution in [0.1, 0.15) is 31.2 Å². The van der Waals surface area contributed by atoms with Crippen molar-refractivity contribution < 1.29 is 9.53 Å². The third-order valence-corrected chi connectivity index (χ3v) is 3.32. The molecule has 0 saturated heterocycles. The number of hydrogen-bond acceptors (Lipinski definition) is 2. The molecule has 0 heterocycles. The lowest BCUT2D eigenvalue weighted by molar-refractivity contribution is -0.145. The van der Waals surface area contributed by atoms with Gasteiger partial charge in [-0.15, -0.1) is 0 Å². The van der Waals surface area contributed by atoms with E-state index in [9.17, 15) is 4.79 Å². The fraction of sp³-hybridized carbons (Fsp3) is 0.438. The molecule has 2 heteroatoms. The highest BCUT2D eigenvalue weighted by molar-refractivity contribution is 5.69. The number of ether oxygens (including phenoxy) is 1. The topological polar surface area (TPSA) is 26.3 Å². The van der Waals surface area contributed by atoms with Crippen LogP contribution in [0.25, 0.3) is 0 Å². The molecule has 0 spiro atoms. The van der Waals surface area contributed by atoms with Crippen molar-refractivity contribution in [2.45, 2.75) is 32.1 Å². The highest BCUT2D eigenvalue weighted by atomic mass is 16.5. The van der Waals surface area contributed by atoms with Gasteiger partial charge in [0.2, 0.25) is 0 Å². The molecule has 0 bridgehead atoms. The van der Waals surface area contributed by atoms with Gasteiger partial charge in [-0.05, 0) is 37.2 Å². The Labute approximate surface area is 109 Å². The summed E-state index contributed by atoms with van der Waals surface area (Å²) < 4.78 is 5.33. The molecule has 0 aromatic heterocycles. The first kappa shape index (κ1) is 12.9. The van der Waals surface area contributed by atoms with E-state index in [1.807, 2.05) is 30.3 Å². The molecular weight excluding hydrogens is 224 g/mol. The van der Waals surface area contributed by atoms with E-state index in [2.05, 4.69) is 12.2 Å². The molecule has 0 amide bonds. The second-order valence-electron chi connectivity index (χ2n) is 4.82. The van der Waals surface area contributed by atoms with Gasteiger partial charge in [0.15, 0.2) is 0 Å². The van der Waals surface area contributed by atoms with Crippen LogP contribution in [0.4, 0.5) is 0 Å². The third-order valence-electron chi connectivity index (χ3n) is 3.32. The molecule has 0 aliphatic heterocycles. The zero-order chi connectivity index (χ0) is 12.6. The summed E-state index contributed by atoms with van der Waals surface area (Å²) in [5.41, 5.74) is 1.19. The van der Waals surface area contributed by atoms with E-state index in [1.54, 1.807) is 0 Å². The van der Waals surface area contributed by atoms with Crippen LogP contribution in [-0.2, 0) is 16.0 Å². The van der Waals surface area contributed by atoms with Crippen LogP contribution in [0, 0.1) is 5.92 Å². The Bertz CT molecular complexity index is 395. The second-order valence-corrected chi connectivity index (χ2v) is 4.82. The zero-order valence-corrected chi connectivity index (χ0v) is 10.7. The predicted octanol–water partition coefficient (Wildman–Crippen LogP) is 3.52. The van der Waals surface area contributed by atoms with Crippen molar-refractivity contribution >= 4 is 5.97 Å². The predicted molar refractivity (Wildman–Crippen MR) is 72.2 cm³/mol. The molecule has 1 aromatic carbocycles. The molecule has 0 radical (unpaired) electrons. The van der Waals surface area contributed by atoms with Crippen LogP contribution < -0.4 is 0 Å². The van der Waals surface area contributed by atoms with E-state index in [0.717, 1.165) is 25.7 Å². The van der Waals surface area contributed by atoms with Gasteiger partial charge < -0.3 is 4.74 Å². The molecule has 1 aliphatic rings. The van der Waals surface area contributed by atoms with E-state index >= 15 is 0 Å². The first-order chi connectivity index (χ1) is 8.84. The first-order valence-electron chi connectivity index (χ1n) is 6.69.